The fourth-order valence-corrected chi connectivity index (χ4v) is 14.9. The van der Waals surface area contributed by atoms with Crippen LogP contribution in [0.5, 0.6) is 0 Å². The van der Waals surface area contributed by atoms with Crippen LogP contribution in [0.25, 0.3) is 101 Å². The third kappa shape index (κ3) is 6.05. The fourth-order valence-electron chi connectivity index (χ4n) is 12.5. The SMILES string of the molecule is CC(C)(C)c1ccc(Nc2cc3c(cc2-c2c4c5c(c6cc(C(C)(C)C)ccc6n5-c5cc6c(cc5B4)oc4ccccc46)c4c2sc2ccccc24)sc2cc4c(cc23)C(C)(C)CCC4(C)C)cc1. The van der Waals surface area contributed by atoms with Crippen molar-refractivity contribution in [3.63, 3.8) is 0 Å². The van der Waals surface area contributed by atoms with Crippen LogP contribution in [0.4, 0.5) is 11.4 Å². The zero-order valence-electron chi connectivity index (χ0n) is 41.9. The molecule has 0 atom stereocenters. The topological polar surface area (TPSA) is 30.1 Å². The Balaban J connectivity index is 1.14. The zero-order chi connectivity index (χ0) is 48.0. The van der Waals surface area contributed by atoms with Crippen molar-refractivity contribution in [1.29, 1.82) is 0 Å². The third-order valence-electron chi connectivity index (χ3n) is 16.6. The number of benzene rings is 8. The number of fused-ring (bicyclic) bond motifs is 16. The van der Waals surface area contributed by atoms with Gasteiger partial charge in [-0.3, -0.25) is 0 Å². The molecule has 1 N–H and O–H groups in total. The number of anilines is 2. The van der Waals surface area contributed by atoms with E-state index in [2.05, 4.69) is 207 Å². The molecule has 0 saturated heterocycles. The summed E-state index contributed by atoms with van der Waals surface area (Å²) in [6, 6.07) is 49.1. The lowest BCUT2D eigenvalue weighted by Crippen LogP contribution is -2.37. The van der Waals surface area contributed by atoms with Crippen molar-refractivity contribution in [2.45, 2.75) is 104 Å². The molecule has 4 aromatic heterocycles. The van der Waals surface area contributed by atoms with Crippen LogP contribution in [0, 0.1) is 0 Å². The molecule has 70 heavy (non-hydrogen) atoms. The molecule has 3 nitrogen and oxygen atoms in total. The van der Waals surface area contributed by atoms with Crippen LogP contribution in [-0.2, 0) is 21.7 Å². The summed E-state index contributed by atoms with van der Waals surface area (Å²) in [6.07, 6.45) is 2.39. The summed E-state index contributed by atoms with van der Waals surface area (Å²) in [6.45, 7) is 23.7. The van der Waals surface area contributed by atoms with Crippen molar-refractivity contribution < 1.29 is 4.42 Å². The van der Waals surface area contributed by atoms with Gasteiger partial charge in [-0.1, -0.05) is 129 Å². The average Bonchev–Trinajstić information content (AvgIpc) is 4.08. The first kappa shape index (κ1) is 42.5. The smallest absolute Gasteiger partial charge is 0.198 e. The number of thiophene rings is 2. The average molecular weight is 945 g/mol. The van der Waals surface area contributed by atoms with Gasteiger partial charge in [0.05, 0.1) is 5.52 Å². The van der Waals surface area contributed by atoms with E-state index in [1.165, 1.54) is 125 Å². The first-order valence-corrected chi connectivity index (χ1v) is 26.9. The van der Waals surface area contributed by atoms with Gasteiger partial charge in [0, 0.05) is 90.0 Å². The van der Waals surface area contributed by atoms with Gasteiger partial charge < -0.3 is 14.3 Å². The van der Waals surface area contributed by atoms with Crippen molar-refractivity contribution in [1.82, 2.24) is 4.57 Å². The number of para-hydroxylation sites is 1. The maximum atomic E-state index is 6.67. The van der Waals surface area contributed by atoms with Crippen molar-refractivity contribution >= 4 is 136 Å². The van der Waals surface area contributed by atoms with Crippen molar-refractivity contribution in [3.05, 3.63) is 150 Å². The van der Waals surface area contributed by atoms with E-state index >= 15 is 0 Å². The standard InChI is InChI=1S/C64H57BN2OS2/c1-61(2,3)34-19-22-36(23-20-34)66-47-29-41-40-28-44-45(64(9,10)26-25-63(44,7)8)32-54(40)69-53(41)31-42(47)57-58-59-55(56-38-16-12-14-18-52(38)70-60(56)57)43-27-35(62(4,5)6)21-24-48(43)67(59)49-30-39-37-15-11-13-17-50(37)68-51(39)33-46(49)65-58/h11-24,27-33,65-66H,25-26H2,1-10H3. The molecule has 8 aromatic carbocycles. The van der Waals surface area contributed by atoms with Crippen LogP contribution in [0.2, 0.25) is 0 Å². The predicted octanol–water partition coefficient (Wildman–Crippen LogP) is 17.5. The summed E-state index contributed by atoms with van der Waals surface area (Å²) in [5.41, 5.74) is 19.1. The Labute approximate surface area is 418 Å². The lowest BCUT2D eigenvalue weighted by atomic mass is 9.58. The molecule has 1 aliphatic carbocycles. The summed E-state index contributed by atoms with van der Waals surface area (Å²) < 4.78 is 14.7. The Morgan fingerprint density at radius 1 is 0.571 bits per heavy atom. The zero-order valence-corrected chi connectivity index (χ0v) is 43.6. The van der Waals surface area contributed by atoms with Crippen molar-refractivity contribution in [2.75, 3.05) is 5.32 Å². The van der Waals surface area contributed by atoms with Gasteiger partial charge in [0.2, 0.25) is 0 Å². The highest BCUT2D eigenvalue weighted by molar-refractivity contribution is 7.27. The molecule has 0 bridgehead atoms. The highest BCUT2D eigenvalue weighted by Gasteiger charge is 2.38. The maximum Gasteiger partial charge on any atom is 0.198 e. The molecule has 0 amide bonds. The summed E-state index contributed by atoms with van der Waals surface area (Å²) in [4.78, 5) is 0. The van der Waals surface area contributed by atoms with Crippen LogP contribution in [-0.4, -0.2) is 11.8 Å². The predicted molar refractivity (Wildman–Crippen MR) is 308 cm³/mol. The Kier molecular flexibility index (Phi) is 8.61. The Hall–Kier alpha value is -6.34. The first-order chi connectivity index (χ1) is 33.4. The molecule has 6 heteroatoms. The Morgan fingerprint density at radius 3 is 2.00 bits per heavy atom. The molecule has 0 radical (unpaired) electrons. The molecular formula is C64H57BN2OS2. The van der Waals surface area contributed by atoms with E-state index in [1.54, 1.807) is 0 Å². The molecule has 12 aromatic rings. The van der Waals surface area contributed by atoms with Gasteiger partial charge >= 0.3 is 0 Å². The number of furan rings is 1. The largest absolute Gasteiger partial charge is 0.456 e. The van der Waals surface area contributed by atoms with Crippen LogP contribution in [0.1, 0.15) is 104 Å². The molecule has 0 unspecified atom stereocenters. The highest BCUT2D eigenvalue weighted by Crippen LogP contribution is 2.53. The number of rotatable bonds is 3. The molecule has 0 fully saturated rings. The van der Waals surface area contributed by atoms with Gasteiger partial charge in [-0.25, -0.2) is 0 Å². The highest BCUT2D eigenvalue weighted by atomic mass is 32.1. The molecule has 5 heterocycles. The second kappa shape index (κ2) is 14.2. The van der Waals surface area contributed by atoms with Gasteiger partial charge in [0.15, 0.2) is 7.28 Å². The van der Waals surface area contributed by atoms with E-state index in [1.807, 2.05) is 22.7 Å². The molecular weight excluding hydrogens is 888 g/mol. The monoisotopic (exact) mass is 944 g/mol. The van der Waals surface area contributed by atoms with Gasteiger partial charge in [-0.05, 0) is 141 Å². The molecule has 14 rings (SSSR count). The van der Waals surface area contributed by atoms with E-state index in [9.17, 15) is 0 Å². The lowest BCUT2D eigenvalue weighted by molar-refractivity contribution is 0.332. The molecule has 0 saturated carbocycles. The van der Waals surface area contributed by atoms with Crippen molar-refractivity contribution in [2.24, 2.45) is 0 Å². The minimum Gasteiger partial charge on any atom is -0.456 e. The van der Waals surface area contributed by atoms with Gasteiger partial charge in [-0.2, -0.15) is 0 Å². The van der Waals surface area contributed by atoms with E-state index in [0.29, 0.717) is 0 Å². The van der Waals surface area contributed by atoms with Crippen LogP contribution < -0.4 is 16.2 Å². The Morgan fingerprint density at radius 2 is 1.24 bits per heavy atom. The number of nitrogens with zero attached hydrogens (tertiary/aromatic N) is 1. The van der Waals surface area contributed by atoms with Gasteiger partial charge in [-0.15, -0.1) is 22.7 Å². The molecule has 344 valence electrons. The Bertz CT molecular complexity index is 4250. The molecule has 1 aliphatic heterocycles. The van der Waals surface area contributed by atoms with Gasteiger partial charge in [0.25, 0.3) is 0 Å². The summed E-state index contributed by atoms with van der Waals surface area (Å²) in [5.74, 6) is 0. The van der Waals surface area contributed by atoms with E-state index in [4.69, 9.17) is 4.42 Å². The van der Waals surface area contributed by atoms with Crippen molar-refractivity contribution in [3.8, 4) is 16.8 Å². The summed E-state index contributed by atoms with van der Waals surface area (Å²) in [5, 5.41) is 14.5. The lowest BCUT2D eigenvalue weighted by Gasteiger charge is -2.41. The van der Waals surface area contributed by atoms with Crippen LogP contribution >= 0.6 is 22.7 Å². The van der Waals surface area contributed by atoms with Crippen LogP contribution in [0.15, 0.2) is 132 Å². The number of hydrogen-bond acceptors (Lipinski definition) is 4. The third-order valence-corrected chi connectivity index (χ3v) is 18.9. The van der Waals surface area contributed by atoms with Crippen LogP contribution in [0.3, 0.4) is 0 Å². The normalized spacial score (nSPS) is 15.5. The number of hydrogen-bond donors (Lipinski definition) is 1. The fraction of sp³-hybridized carbons (Fsp3) is 0.250. The van der Waals surface area contributed by atoms with E-state index in [0.717, 1.165) is 40.6 Å². The number of aromatic nitrogens is 1. The minimum absolute atomic E-state index is 0.0166. The quantitative estimate of drug-likeness (QED) is 0.179. The second-order valence-electron chi connectivity index (χ2n) is 24.1. The second-order valence-corrected chi connectivity index (χ2v) is 26.2. The molecule has 0 spiro atoms. The maximum absolute atomic E-state index is 6.67. The van der Waals surface area contributed by atoms with E-state index in [-0.39, 0.29) is 21.7 Å². The summed E-state index contributed by atoms with van der Waals surface area (Å²) >= 11 is 3.93. The first-order valence-electron chi connectivity index (χ1n) is 25.2. The number of nitrogens with one attached hydrogen (secondary N) is 1. The summed E-state index contributed by atoms with van der Waals surface area (Å²) in [7, 11) is 0.780. The van der Waals surface area contributed by atoms with Gasteiger partial charge in [0.1, 0.15) is 11.2 Å². The van der Waals surface area contributed by atoms with E-state index < -0.39 is 0 Å². The minimum atomic E-state index is -0.0166. The molecule has 2 aliphatic rings.